The van der Waals surface area contributed by atoms with Crippen molar-refractivity contribution < 1.29 is 17.0 Å². The van der Waals surface area contributed by atoms with Gasteiger partial charge in [0.05, 0.1) is 0 Å². The van der Waals surface area contributed by atoms with Crippen molar-refractivity contribution in [1.82, 2.24) is 4.57 Å². The number of allylic oxidation sites excluding steroid dienone is 4. The maximum atomic E-state index is 4.89. The summed E-state index contributed by atoms with van der Waals surface area (Å²) >= 11 is -0.556. The van der Waals surface area contributed by atoms with Gasteiger partial charge in [0.2, 0.25) is 0 Å². The SMILES string of the molecule is CC(C)C1=CC=CC2C1[C@@H](C)CC2[Si](C)(C)N1C[N-]C[N-]C1.[CH3-].[Cl][Ti+4][Cl]. The van der Waals surface area contributed by atoms with Gasteiger partial charge in [-0.1, -0.05) is 57.7 Å². The average molecular weight is 451 g/mol. The van der Waals surface area contributed by atoms with Gasteiger partial charge in [-0.05, 0) is 35.6 Å². The van der Waals surface area contributed by atoms with E-state index in [0.717, 1.165) is 36.6 Å². The van der Waals surface area contributed by atoms with Crippen molar-refractivity contribution in [3.05, 3.63) is 41.9 Å². The first kappa shape index (κ1) is 24.9. The molecular formula is C19H34Cl2N3SiTi+. The van der Waals surface area contributed by atoms with Crippen LogP contribution in [0.15, 0.2) is 23.8 Å². The molecule has 0 radical (unpaired) electrons. The summed E-state index contributed by atoms with van der Waals surface area (Å²) in [4.78, 5) is 0. The Morgan fingerprint density at radius 1 is 1.23 bits per heavy atom. The van der Waals surface area contributed by atoms with Crippen LogP contribution in [0.3, 0.4) is 0 Å². The van der Waals surface area contributed by atoms with E-state index < -0.39 is 25.3 Å². The molecule has 7 heteroatoms. The van der Waals surface area contributed by atoms with Crippen molar-refractivity contribution in [3.63, 3.8) is 0 Å². The summed E-state index contributed by atoms with van der Waals surface area (Å²) in [5.41, 5.74) is 2.51. The number of hydrogen-bond acceptors (Lipinski definition) is 1. The molecule has 1 saturated heterocycles. The van der Waals surface area contributed by atoms with E-state index in [2.05, 4.69) is 67.3 Å². The Morgan fingerprint density at radius 2 is 1.81 bits per heavy atom. The van der Waals surface area contributed by atoms with Gasteiger partial charge in [0, 0.05) is 0 Å². The second-order valence-electron chi connectivity index (χ2n) is 8.27. The molecule has 0 aromatic carbocycles. The summed E-state index contributed by atoms with van der Waals surface area (Å²) in [6, 6.07) is 0. The Balaban J connectivity index is 0.000000791. The molecule has 0 spiro atoms. The van der Waals surface area contributed by atoms with Gasteiger partial charge in [0.1, 0.15) is 8.24 Å². The molecule has 0 bridgehead atoms. The second-order valence-corrected chi connectivity index (χ2v) is 15.5. The van der Waals surface area contributed by atoms with Gasteiger partial charge in [-0.2, -0.15) is 0 Å². The molecule has 2 fully saturated rings. The molecule has 1 aliphatic heterocycles. The molecule has 0 aromatic heterocycles. The van der Waals surface area contributed by atoms with Gasteiger partial charge in [0.15, 0.2) is 0 Å². The number of fused-ring (bicyclic) bond motifs is 1. The first-order valence-electron chi connectivity index (χ1n) is 9.20. The van der Waals surface area contributed by atoms with Crippen molar-refractivity contribution in [2.45, 2.75) is 45.8 Å². The molecule has 1 heterocycles. The molecule has 0 amide bonds. The van der Waals surface area contributed by atoms with Gasteiger partial charge >= 0.3 is 35.6 Å². The minimum absolute atomic E-state index is 0. The van der Waals surface area contributed by atoms with Crippen molar-refractivity contribution in [1.29, 1.82) is 0 Å². The van der Waals surface area contributed by atoms with Crippen molar-refractivity contribution in [2.24, 2.45) is 23.7 Å². The zero-order chi connectivity index (χ0) is 18.6. The molecule has 3 unspecified atom stereocenters. The molecule has 26 heavy (non-hydrogen) atoms. The number of hydrogen-bond donors (Lipinski definition) is 0. The van der Waals surface area contributed by atoms with E-state index in [1.165, 1.54) is 6.42 Å². The zero-order valence-electron chi connectivity index (χ0n) is 17.0. The van der Waals surface area contributed by atoms with Crippen LogP contribution in [-0.2, 0) is 17.0 Å². The first-order chi connectivity index (χ1) is 11.8. The van der Waals surface area contributed by atoms with E-state index in [9.17, 15) is 0 Å². The summed E-state index contributed by atoms with van der Waals surface area (Å²) < 4.78 is 2.61. The van der Waals surface area contributed by atoms with Crippen LogP contribution in [0.25, 0.3) is 10.6 Å². The Bertz CT molecular complexity index is 493. The summed E-state index contributed by atoms with van der Waals surface area (Å²) in [7, 11) is 8.26. The van der Waals surface area contributed by atoms with Crippen molar-refractivity contribution >= 4 is 26.8 Å². The molecule has 2 aliphatic carbocycles. The summed E-state index contributed by atoms with van der Waals surface area (Å²) in [6.07, 6.45) is 8.61. The van der Waals surface area contributed by atoms with Crippen LogP contribution >= 0.6 is 18.6 Å². The maximum absolute atomic E-state index is 4.89. The number of rotatable bonds is 3. The van der Waals surface area contributed by atoms with Gasteiger partial charge in [-0.25, -0.2) is 0 Å². The normalized spacial score (nSPS) is 31.8. The van der Waals surface area contributed by atoms with Gasteiger partial charge in [-0.15, -0.1) is 13.3 Å². The van der Waals surface area contributed by atoms with Gasteiger partial charge < -0.3 is 22.6 Å². The predicted octanol–water partition coefficient (Wildman–Crippen LogP) is 6.75. The third-order valence-corrected chi connectivity index (χ3v) is 10.6. The molecule has 0 aromatic rings. The Morgan fingerprint density at radius 3 is 2.35 bits per heavy atom. The van der Waals surface area contributed by atoms with Crippen LogP contribution in [0.5, 0.6) is 0 Å². The van der Waals surface area contributed by atoms with Crippen molar-refractivity contribution in [2.75, 3.05) is 20.0 Å². The quantitative estimate of drug-likeness (QED) is 0.345. The third kappa shape index (κ3) is 5.48. The fourth-order valence-electron chi connectivity index (χ4n) is 4.93. The zero-order valence-corrected chi connectivity index (χ0v) is 21.1. The van der Waals surface area contributed by atoms with Crippen LogP contribution in [0, 0.1) is 31.1 Å². The van der Waals surface area contributed by atoms with Crippen molar-refractivity contribution in [3.8, 4) is 0 Å². The van der Waals surface area contributed by atoms with Gasteiger partial charge in [-0.3, -0.25) is 6.67 Å². The first-order valence-corrected chi connectivity index (χ1v) is 16.5. The Labute approximate surface area is 179 Å². The molecule has 1 saturated carbocycles. The summed E-state index contributed by atoms with van der Waals surface area (Å²) in [6.45, 7) is 14.8. The van der Waals surface area contributed by atoms with E-state index in [0.29, 0.717) is 12.6 Å². The number of nitrogens with zero attached hydrogens (tertiary/aromatic N) is 3. The van der Waals surface area contributed by atoms with E-state index in [1.54, 1.807) is 5.57 Å². The van der Waals surface area contributed by atoms with Crippen LogP contribution in [-0.4, -0.2) is 32.8 Å². The van der Waals surface area contributed by atoms with E-state index >= 15 is 0 Å². The minimum atomic E-state index is -1.52. The van der Waals surface area contributed by atoms with Crippen LogP contribution in [0.1, 0.15) is 27.2 Å². The molecule has 0 N–H and O–H groups in total. The Kier molecular flexibility index (Phi) is 10.7. The molecule has 4 atom stereocenters. The third-order valence-electron chi connectivity index (χ3n) is 6.26. The Hall–Kier alpha value is 0.871. The van der Waals surface area contributed by atoms with Crippen LogP contribution < -0.4 is 0 Å². The second kappa shape index (κ2) is 11.2. The van der Waals surface area contributed by atoms with Crippen LogP contribution in [0.4, 0.5) is 0 Å². The standard InChI is InChI=1S/C18H31N3Si.CH3.2ClH.Ti/c1-13(2)15-7-6-8-16-17(9-14(3)18(15)16)22(4,5)21-11-19-10-20-12-21;;;;/h6-8,13-14,16-18H,9-12H2,1-5H3;1H3;2*1H;/q-2;-1;;;+6/p-2/t14-,16?,17?,18?;;;;/m0..../s1. The fraction of sp³-hybridized carbons (Fsp3) is 0.737. The van der Waals surface area contributed by atoms with Gasteiger partial charge in [0.25, 0.3) is 0 Å². The molecule has 3 rings (SSSR count). The molecular weight excluding hydrogens is 417 g/mol. The topological polar surface area (TPSA) is 31.4 Å². The van der Waals surface area contributed by atoms with E-state index in [1.807, 2.05) is 0 Å². The summed E-state index contributed by atoms with van der Waals surface area (Å²) in [5.74, 6) is 2.98. The average Bonchev–Trinajstić information content (AvgIpc) is 2.94. The summed E-state index contributed by atoms with van der Waals surface area (Å²) in [5, 5.41) is 9.05. The predicted molar refractivity (Wildman–Crippen MR) is 115 cm³/mol. The van der Waals surface area contributed by atoms with E-state index in [4.69, 9.17) is 18.6 Å². The number of halogens is 2. The molecule has 146 valence electrons. The monoisotopic (exact) mass is 450 g/mol. The van der Waals surface area contributed by atoms with E-state index in [-0.39, 0.29) is 7.43 Å². The molecule has 3 aliphatic rings. The fourth-order valence-corrected chi connectivity index (χ4v) is 8.53. The van der Waals surface area contributed by atoms with Crippen LogP contribution in [0.2, 0.25) is 18.6 Å². The molecule has 3 nitrogen and oxygen atoms in total.